The van der Waals surface area contributed by atoms with E-state index in [1.165, 1.54) is 4.90 Å². The van der Waals surface area contributed by atoms with Gasteiger partial charge in [-0.05, 0) is 31.4 Å². The molecule has 8 nitrogen and oxygen atoms in total. The van der Waals surface area contributed by atoms with E-state index in [-0.39, 0.29) is 53.3 Å². The zero-order valence-corrected chi connectivity index (χ0v) is 18.8. The van der Waals surface area contributed by atoms with Crippen molar-refractivity contribution < 1.29 is 18.0 Å². The van der Waals surface area contributed by atoms with Crippen molar-refractivity contribution in [1.29, 1.82) is 0 Å². The molecule has 2 N–H and O–H groups in total. The highest BCUT2D eigenvalue weighted by atomic mass is 127. The average molecular weight is 520 g/mol. The fraction of sp³-hybridized carbons (Fsp3) is 0.500. The number of halogens is 1. The van der Waals surface area contributed by atoms with E-state index in [0.717, 1.165) is 6.42 Å². The van der Waals surface area contributed by atoms with Gasteiger partial charge < -0.3 is 10.6 Å². The minimum Gasteiger partial charge on any atom is -0.356 e. The van der Waals surface area contributed by atoms with Crippen LogP contribution in [0.4, 0.5) is 0 Å². The summed E-state index contributed by atoms with van der Waals surface area (Å²) >= 11 is 0. The predicted molar refractivity (Wildman–Crippen MR) is 118 cm³/mol. The first-order valence-electron chi connectivity index (χ1n) is 9.04. The molecular formula is C18H25IN4O4S. The second-order valence-electron chi connectivity index (χ2n) is 6.76. The Balaban J connectivity index is 0.00000280. The third kappa shape index (κ3) is 5.22. The highest BCUT2D eigenvalue weighted by Crippen LogP contribution is 2.22. The van der Waals surface area contributed by atoms with Gasteiger partial charge >= 0.3 is 0 Å². The van der Waals surface area contributed by atoms with E-state index < -0.39 is 9.84 Å². The molecule has 1 fully saturated rings. The molecule has 1 saturated heterocycles. The smallest absolute Gasteiger partial charge is 0.261 e. The molecule has 10 heteroatoms. The molecule has 154 valence electrons. The van der Waals surface area contributed by atoms with Crippen molar-refractivity contribution in [3.8, 4) is 0 Å². The summed E-state index contributed by atoms with van der Waals surface area (Å²) in [5.41, 5.74) is 0.938. The van der Waals surface area contributed by atoms with Gasteiger partial charge in [-0.2, -0.15) is 0 Å². The Morgan fingerprint density at radius 2 is 1.82 bits per heavy atom. The highest BCUT2D eigenvalue weighted by molar-refractivity contribution is 14.0. The molecule has 0 saturated carbocycles. The quantitative estimate of drug-likeness (QED) is 0.191. The largest absolute Gasteiger partial charge is 0.356 e. The van der Waals surface area contributed by atoms with Gasteiger partial charge in [0.25, 0.3) is 11.8 Å². The molecule has 3 rings (SSSR count). The van der Waals surface area contributed by atoms with E-state index in [0.29, 0.717) is 43.0 Å². The van der Waals surface area contributed by atoms with Gasteiger partial charge in [-0.15, -0.1) is 24.0 Å². The number of hydrogen-bond acceptors (Lipinski definition) is 5. The van der Waals surface area contributed by atoms with E-state index >= 15 is 0 Å². The molecule has 2 heterocycles. The summed E-state index contributed by atoms with van der Waals surface area (Å²) in [6.07, 6.45) is 2.01. The van der Waals surface area contributed by atoms with Gasteiger partial charge in [-0.25, -0.2) is 8.42 Å². The predicted octanol–water partition coefficient (Wildman–Crippen LogP) is 1.03. The molecule has 0 radical (unpaired) electrons. The van der Waals surface area contributed by atoms with Gasteiger partial charge in [0.15, 0.2) is 15.8 Å². The fourth-order valence-electron chi connectivity index (χ4n) is 3.34. The molecule has 1 atom stereocenters. The SMILES string of the molecule is CN=C(NCCCCN1C(=O)c2ccccc2C1=O)NC1CCS(=O)(=O)C1.I. The van der Waals surface area contributed by atoms with Crippen LogP contribution in [0.2, 0.25) is 0 Å². The van der Waals surface area contributed by atoms with Crippen molar-refractivity contribution in [1.82, 2.24) is 15.5 Å². The first-order chi connectivity index (χ1) is 12.9. The van der Waals surface area contributed by atoms with Crippen LogP contribution in [-0.4, -0.2) is 68.8 Å². The number of sulfone groups is 1. The van der Waals surface area contributed by atoms with Crippen LogP contribution in [0.5, 0.6) is 0 Å². The van der Waals surface area contributed by atoms with Crippen LogP contribution in [0, 0.1) is 0 Å². The number of aliphatic imine (C=N–C) groups is 1. The molecule has 0 aromatic heterocycles. The maximum Gasteiger partial charge on any atom is 0.261 e. The molecule has 0 bridgehead atoms. The number of imide groups is 1. The number of unbranched alkanes of at least 4 members (excludes halogenated alkanes) is 1. The molecule has 2 amide bonds. The van der Waals surface area contributed by atoms with Gasteiger partial charge in [0, 0.05) is 26.2 Å². The summed E-state index contributed by atoms with van der Waals surface area (Å²) in [6, 6.07) is 6.75. The second-order valence-corrected chi connectivity index (χ2v) is 8.99. The van der Waals surface area contributed by atoms with Crippen LogP contribution in [0.3, 0.4) is 0 Å². The molecular weight excluding hydrogens is 495 g/mol. The highest BCUT2D eigenvalue weighted by Gasteiger charge is 2.34. The lowest BCUT2D eigenvalue weighted by Gasteiger charge is -2.17. The number of guanidine groups is 1. The average Bonchev–Trinajstić information content (AvgIpc) is 3.11. The Labute approximate surface area is 182 Å². The first-order valence-corrected chi connectivity index (χ1v) is 10.9. The molecule has 2 aliphatic rings. The Hall–Kier alpha value is -1.69. The zero-order valence-electron chi connectivity index (χ0n) is 15.7. The van der Waals surface area contributed by atoms with Crippen molar-refractivity contribution >= 4 is 51.6 Å². The molecule has 1 unspecified atom stereocenters. The minimum absolute atomic E-state index is 0. The van der Waals surface area contributed by atoms with Gasteiger partial charge in [-0.3, -0.25) is 19.5 Å². The number of benzene rings is 1. The number of fused-ring (bicyclic) bond motifs is 1. The third-order valence-electron chi connectivity index (χ3n) is 4.78. The lowest BCUT2D eigenvalue weighted by Crippen LogP contribution is -2.44. The fourth-order valence-corrected chi connectivity index (χ4v) is 5.01. The lowest BCUT2D eigenvalue weighted by molar-refractivity contribution is 0.0652. The maximum absolute atomic E-state index is 12.3. The molecule has 0 spiro atoms. The standard InChI is InChI=1S/C18H24N4O4S.HI/c1-19-18(21-13-8-11-27(25,26)12-13)20-9-4-5-10-22-16(23)14-6-2-3-7-15(14)17(22)24;/h2-3,6-7,13H,4-5,8-12H2,1H3,(H2,19,20,21);1H. The molecule has 2 aliphatic heterocycles. The number of hydrogen-bond donors (Lipinski definition) is 2. The summed E-state index contributed by atoms with van der Waals surface area (Å²) in [5.74, 6) is 0.444. The van der Waals surface area contributed by atoms with Crippen LogP contribution in [0.25, 0.3) is 0 Å². The third-order valence-corrected chi connectivity index (χ3v) is 6.54. The van der Waals surface area contributed by atoms with Crippen molar-refractivity contribution in [3.63, 3.8) is 0 Å². The number of nitrogens with one attached hydrogen (secondary N) is 2. The minimum atomic E-state index is -2.94. The summed E-state index contributed by atoms with van der Waals surface area (Å²) in [6.45, 7) is 0.989. The van der Waals surface area contributed by atoms with Gasteiger partial charge in [0.1, 0.15) is 0 Å². The van der Waals surface area contributed by atoms with Crippen molar-refractivity contribution in [2.24, 2.45) is 4.99 Å². The van der Waals surface area contributed by atoms with Crippen molar-refractivity contribution in [3.05, 3.63) is 35.4 Å². The second kappa shape index (κ2) is 9.68. The van der Waals surface area contributed by atoms with Gasteiger partial charge in [0.2, 0.25) is 0 Å². The summed E-state index contributed by atoms with van der Waals surface area (Å²) < 4.78 is 23.0. The lowest BCUT2D eigenvalue weighted by atomic mass is 10.1. The van der Waals surface area contributed by atoms with Crippen molar-refractivity contribution in [2.75, 3.05) is 31.6 Å². The molecule has 0 aliphatic carbocycles. The molecule has 1 aromatic rings. The van der Waals surface area contributed by atoms with E-state index in [1.807, 2.05) is 0 Å². The van der Waals surface area contributed by atoms with Crippen LogP contribution in [0.1, 0.15) is 40.0 Å². The van der Waals surface area contributed by atoms with Crippen molar-refractivity contribution in [2.45, 2.75) is 25.3 Å². The first kappa shape index (κ1) is 22.6. The summed E-state index contributed by atoms with van der Waals surface area (Å²) in [7, 11) is -1.30. The number of carbonyl (C=O) groups is 2. The Kier molecular flexibility index (Phi) is 7.81. The Morgan fingerprint density at radius 1 is 1.18 bits per heavy atom. The number of carbonyl (C=O) groups excluding carboxylic acids is 2. The van der Waals surface area contributed by atoms with E-state index in [1.54, 1.807) is 31.3 Å². The maximum atomic E-state index is 12.3. The zero-order chi connectivity index (χ0) is 19.4. The van der Waals surface area contributed by atoms with E-state index in [9.17, 15) is 18.0 Å². The van der Waals surface area contributed by atoms with Crippen LogP contribution in [-0.2, 0) is 9.84 Å². The summed E-state index contributed by atoms with van der Waals surface area (Å²) in [4.78, 5) is 30.0. The van der Waals surface area contributed by atoms with Crippen LogP contribution < -0.4 is 10.6 Å². The van der Waals surface area contributed by atoms with E-state index in [4.69, 9.17) is 0 Å². The Morgan fingerprint density at radius 3 is 2.36 bits per heavy atom. The Bertz CT molecular complexity index is 837. The van der Waals surface area contributed by atoms with Gasteiger partial charge in [0.05, 0.1) is 22.6 Å². The van der Waals surface area contributed by atoms with Crippen LogP contribution >= 0.6 is 24.0 Å². The summed E-state index contributed by atoms with van der Waals surface area (Å²) in [5, 5.41) is 6.26. The molecule has 28 heavy (non-hydrogen) atoms. The monoisotopic (exact) mass is 520 g/mol. The van der Waals surface area contributed by atoms with E-state index in [2.05, 4.69) is 15.6 Å². The molecule has 1 aromatic carbocycles. The van der Waals surface area contributed by atoms with Crippen LogP contribution in [0.15, 0.2) is 29.3 Å². The normalized spacial score (nSPS) is 20.7. The number of amides is 2. The van der Waals surface area contributed by atoms with Gasteiger partial charge in [-0.1, -0.05) is 12.1 Å². The number of rotatable bonds is 6. The topological polar surface area (TPSA) is 108 Å². The number of nitrogens with zero attached hydrogens (tertiary/aromatic N) is 2.